The maximum atomic E-state index is 12.2. The summed E-state index contributed by atoms with van der Waals surface area (Å²) in [5.74, 6) is -0.201. The van der Waals surface area contributed by atoms with Crippen molar-refractivity contribution in [2.24, 2.45) is 0 Å². The predicted octanol–water partition coefficient (Wildman–Crippen LogP) is 2.11. The number of amides is 1. The van der Waals surface area contributed by atoms with Crippen molar-refractivity contribution < 1.29 is 13.6 Å². The van der Waals surface area contributed by atoms with Crippen LogP contribution in [0.25, 0.3) is 0 Å². The van der Waals surface area contributed by atoms with Gasteiger partial charge >= 0.3 is 0 Å². The lowest BCUT2D eigenvalue weighted by Crippen LogP contribution is -2.23. The standard InChI is InChI=1S/C11H14F2N2O/c1-7(10(12)13)15-9-5-3-8(4-6-9)11(16)14-2/h3-7,10,15H,1-2H3,(H,14,16). The third-order valence-corrected chi connectivity index (χ3v) is 2.15. The van der Waals surface area contributed by atoms with Gasteiger partial charge in [-0.1, -0.05) is 0 Å². The first-order valence-corrected chi connectivity index (χ1v) is 4.91. The van der Waals surface area contributed by atoms with Crippen LogP contribution in [0.5, 0.6) is 0 Å². The highest BCUT2D eigenvalue weighted by Crippen LogP contribution is 2.13. The molecule has 0 aliphatic rings. The second-order valence-electron chi connectivity index (χ2n) is 3.42. The molecule has 0 aliphatic carbocycles. The molecule has 1 unspecified atom stereocenters. The zero-order chi connectivity index (χ0) is 12.1. The van der Waals surface area contributed by atoms with Gasteiger partial charge < -0.3 is 10.6 Å². The molecular formula is C11H14F2N2O. The Bertz CT molecular complexity index is 352. The van der Waals surface area contributed by atoms with E-state index in [2.05, 4.69) is 10.6 Å². The molecule has 2 N–H and O–H groups in total. The molecule has 0 aromatic heterocycles. The van der Waals surface area contributed by atoms with Crippen LogP contribution < -0.4 is 10.6 Å². The van der Waals surface area contributed by atoms with E-state index >= 15 is 0 Å². The number of carbonyl (C=O) groups is 1. The molecule has 0 fully saturated rings. The quantitative estimate of drug-likeness (QED) is 0.828. The van der Waals surface area contributed by atoms with Crippen molar-refractivity contribution in [2.75, 3.05) is 12.4 Å². The van der Waals surface area contributed by atoms with Gasteiger partial charge in [0.2, 0.25) is 0 Å². The number of nitrogens with one attached hydrogen (secondary N) is 2. The van der Waals surface area contributed by atoms with Crippen LogP contribution in [0, 0.1) is 0 Å². The Hall–Kier alpha value is -1.65. The number of alkyl halides is 2. The Morgan fingerprint density at radius 2 is 1.81 bits per heavy atom. The average molecular weight is 228 g/mol. The summed E-state index contributed by atoms with van der Waals surface area (Å²) in [6.45, 7) is 1.40. The Labute approximate surface area is 92.8 Å². The summed E-state index contributed by atoms with van der Waals surface area (Å²) in [5, 5.41) is 5.12. The molecule has 3 nitrogen and oxygen atoms in total. The fourth-order valence-electron chi connectivity index (χ4n) is 1.19. The van der Waals surface area contributed by atoms with Crippen molar-refractivity contribution in [1.29, 1.82) is 0 Å². The van der Waals surface area contributed by atoms with Crippen molar-refractivity contribution in [2.45, 2.75) is 19.4 Å². The van der Waals surface area contributed by atoms with E-state index in [1.165, 1.54) is 14.0 Å². The molecular weight excluding hydrogens is 214 g/mol. The van der Waals surface area contributed by atoms with Crippen LogP contribution in [0.4, 0.5) is 14.5 Å². The zero-order valence-electron chi connectivity index (χ0n) is 9.13. The summed E-state index contributed by atoms with van der Waals surface area (Å²) in [7, 11) is 1.54. The largest absolute Gasteiger partial charge is 0.377 e. The van der Waals surface area contributed by atoms with Crippen molar-refractivity contribution in [3.8, 4) is 0 Å². The van der Waals surface area contributed by atoms with Gasteiger partial charge in [-0.05, 0) is 31.2 Å². The summed E-state index contributed by atoms with van der Waals surface area (Å²) < 4.78 is 24.5. The number of anilines is 1. The van der Waals surface area contributed by atoms with Gasteiger partial charge in [0.15, 0.2) is 0 Å². The average Bonchev–Trinajstić information content (AvgIpc) is 2.28. The second-order valence-corrected chi connectivity index (χ2v) is 3.42. The van der Waals surface area contributed by atoms with Gasteiger partial charge in [0.1, 0.15) is 0 Å². The minimum absolute atomic E-state index is 0.201. The maximum Gasteiger partial charge on any atom is 0.258 e. The first-order chi connectivity index (χ1) is 7.54. The molecule has 0 radical (unpaired) electrons. The van der Waals surface area contributed by atoms with Gasteiger partial charge in [-0.3, -0.25) is 4.79 Å². The number of halogens is 2. The first kappa shape index (κ1) is 12.4. The topological polar surface area (TPSA) is 41.1 Å². The number of hydrogen-bond acceptors (Lipinski definition) is 2. The van der Waals surface area contributed by atoms with Gasteiger partial charge in [-0.2, -0.15) is 0 Å². The molecule has 1 aromatic rings. The minimum atomic E-state index is -2.42. The highest BCUT2D eigenvalue weighted by atomic mass is 19.3. The van der Waals surface area contributed by atoms with E-state index in [0.29, 0.717) is 11.3 Å². The lowest BCUT2D eigenvalue weighted by Gasteiger charge is -2.14. The van der Waals surface area contributed by atoms with Gasteiger partial charge in [-0.15, -0.1) is 0 Å². The highest BCUT2D eigenvalue weighted by molar-refractivity contribution is 5.94. The van der Waals surface area contributed by atoms with Gasteiger partial charge in [0, 0.05) is 18.3 Å². The number of rotatable bonds is 4. The normalized spacial score (nSPS) is 12.3. The van der Waals surface area contributed by atoms with Crippen molar-refractivity contribution in [3.63, 3.8) is 0 Å². The van der Waals surface area contributed by atoms with Crippen LogP contribution in [-0.4, -0.2) is 25.4 Å². The molecule has 0 heterocycles. The van der Waals surface area contributed by atoms with Crippen molar-refractivity contribution in [1.82, 2.24) is 5.32 Å². The molecule has 1 amide bonds. The Morgan fingerprint density at radius 3 is 2.25 bits per heavy atom. The highest BCUT2D eigenvalue weighted by Gasteiger charge is 2.13. The predicted molar refractivity (Wildman–Crippen MR) is 58.9 cm³/mol. The van der Waals surface area contributed by atoms with Crippen LogP contribution in [0.2, 0.25) is 0 Å². The van der Waals surface area contributed by atoms with Crippen LogP contribution in [0.1, 0.15) is 17.3 Å². The van der Waals surface area contributed by atoms with Gasteiger partial charge in [0.05, 0.1) is 6.04 Å². The summed E-state index contributed by atoms with van der Waals surface area (Å²) in [4.78, 5) is 11.2. The van der Waals surface area contributed by atoms with E-state index in [1.807, 2.05) is 0 Å². The molecule has 0 spiro atoms. The Balaban J connectivity index is 2.68. The SMILES string of the molecule is CNC(=O)c1ccc(NC(C)C(F)F)cc1. The Morgan fingerprint density at radius 1 is 1.25 bits per heavy atom. The van der Waals surface area contributed by atoms with E-state index < -0.39 is 12.5 Å². The van der Waals surface area contributed by atoms with Crippen LogP contribution in [-0.2, 0) is 0 Å². The molecule has 0 saturated heterocycles. The zero-order valence-corrected chi connectivity index (χ0v) is 9.13. The van der Waals surface area contributed by atoms with Crippen LogP contribution in [0.15, 0.2) is 24.3 Å². The van der Waals surface area contributed by atoms with Gasteiger partial charge in [-0.25, -0.2) is 8.78 Å². The molecule has 1 rings (SSSR count). The fourth-order valence-corrected chi connectivity index (χ4v) is 1.19. The summed E-state index contributed by atoms with van der Waals surface area (Å²) in [6, 6.07) is 5.46. The first-order valence-electron chi connectivity index (χ1n) is 4.91. The minimum Gasteiger partial charge on any atom is -0.377 e. The van der Waals surface area contributed by atoms with E-state index in [0.717, 1.165) is 0 Å². The van der Waals surface area contributed by atoms with Crippen LogP contribution in [0.3, 0.4) is 0 Å². The van der Waals surface area contributed by atoms with Crippen molar-refractivity contribution in [3.05, 3.63) is 29.8 Å². The Kier molecular flexibility index (Phi) is 4.22. The summed E-state index contributed by atoms with van der Waals surface area (Å²) >= 11 is 0. The molecule has 16 heavy (non-hydrogen) atoms. The molecule has 0 bridgehead atoms. The smallest absolute Gasteiger partial charge is 0.258 e. The third-order valence-electron chi connectivity index (χ3n) is 2.15. The number of hydrogen-bond donors (Lipinski definition) is 2. The summed E-state index contributed by atoms with van der Waals surface area (Å²) in [5.41, 5.74) is 1.07. The molecule has 5 heteroatoms. The fraction of sp³-hybridized carbons (Fsp3) is 0.364. The third kappa shape index (κ3) is 3.18. The lowest BCUT2D eigenvalue weighted by atomic mass is 10.2. The monoisotopic (exact) mass is 228 g/mol. The van der Waals surface area contributed by atoms with E-state index in [4.69, 9.17) is 0 Å². The molecule has 0 aliphatic heterocycles. The van der Waals surface area contributed by atoms with E-state index in [1.54, 1.807) is 24.3 Å². The molecule has 1 atom stereocenters. The molecule has 88 valence electrons. The van der Waals surface area contributed by atoms with Crippen LogP contribution >= 0.6 is 0 Å². The van der Waals surface area contributed by atoms with Crippen molar-refractivity contribution >= 4 is 11.6 Å². The van der Waals surface area contributed by atoms with Gasteiger partial charge in [0.25, 0.3) is 12.3 Å². The number of benzene rings is 1. The number of carbonyl (C=O) groups excluding carboxylic acids is 1. The van der Waals surface area contributed by atoms with E-state index in [9.17, 15) is 13.6 Å². The van der Waals surface area contributed by atoms with E-state index in [-0.39, 0.29) is 5.91 Å². The maximum absolute atomic E-state index is 12.2. The summed E-state index contributed by atoms with van der Waals surface area (Å²) in [6.07, 6.45) is -2.42. The second kappa shape index (κ2) is 5.44. The molecule has 0 saturated carbocycles. The molecule has 1 aromatic carbocycles. The lowest BCUT2D eigenvalue weighted by molar-refractivity contribution is 0.0963.